The average Bonchev–Trinajstić information content (AvgIpc) is 2.96. The SMILES string of the molecule is COc1nn(C)cc1C(=O)N1CCC[C@@H](Oc2cnccn2)C1. The highest BCUT2D eigenvalue weighted by Gasteiger charge is 2.28. The predicted octanol–water partition coefficient (Wildman–Crippen LogP) is 0.902. The van der Waals surface area contributed by atoms with E-state index in [0.29, 0.717) is 30.4 Å². The molecule has 1 amide bonds. The first-order valence-electron chi connectivity index (χ1n) is 7.47. The molecule has 0 spiro atoms. The smallest absolute Gasteiger partial charge is 0.261 e. The van der Waals surface area contributed by atoms with Crippen molar-refractivity contribution in [2.45, 2.75) is 18.9 Å². The number of nitrogens with zero attached hydrogens (tertiary/aromatic N) is 5. The third-order valence-electron chi connectivity index (χ3n) is 3.71. The van der Waals surface area contributed by atoms with E-state index in [0.717, 1.165) is 12.8 Å². The van der Waals surface area contributed by atoms with E-state index in [1.54, 1.807) is 41.4 Å². The summed E-state index contributed by atoms with van der Waals surface area (Å²) in [4.78, 5) is 22.6. The van der Waals surface area contributed by atoms with Crippen molar-refractivity contribution >= 4 is 5.91 Å². The maximum Gasteiger partial charge on any atom is 0.261 e. The molecule has 0 N–H and O–H groups in total. The summed E-state index contributed by atoms with van der Waals surface area (Å²) in [5.41, 5.74) is 0.468. The number of amides is 1. The van der Waals surface area contributed by atoms with E-state index < -0.39 is 0 Å². The highest BCUT2D eigenvalue weighted by Crippen LogP contribution is 2.21. The van der Waals surface area contributed by atoms with E-state index in [4.69, 9.17) is 9.47 Å². The van der Waals surface area contributed by atoms with Crippen molar-refractivity contribution in [3.63, 3.8) is 0 Å². The largest absolute Gasteiger partial charge is 0.479 e. The van der Waals surface area contributed by atoms with Crippen LogP contribution in [0.1, 0.15) is 23.2 Å². The lowest BCUT2D eigenvalue weighted by molar-refractivity contribution is 0.0524. The predicted molar refractivity (Wildman–Crippen MR) is 81.3 cm³/mol. The maximum atomic E-state index is 12.7. The first kappa shape index (κ1) is 15.3. The Morgan fingerprint density at radius 2 is 2.26 bits per heavy atom. The normalized spacial score (nSPS) is 17.8. The van der Waals surface area contributed by atoms with Gasteiger partial charge in [-0.25, -0.2) is 4.98 Å². The molecule has 2 aromatic rings. The van der Waals surface area contributed by atoms with Gasteiger partial charge in [0.15, 0.2) is 0 Å². The van der Waals surface area contributed by atoms with Gasteiger partial charge in [-0.2, -0.15) is 0 Å². The van der Waals surface area contributed by atoms with Crippen molar-refractivity contribution in [1.82, 2.24) is 24.6 Å². The third-order valence-corrected chi connectivity index (χ3v) is 3.71. The Bertz CT molecular complexity index is 673. The van der Waals surface area contributed by atoms with E-state index in [1.807, 2.05) is 0 Å². The van der Waals surface area contributed by atoms with Gasteiger partial charge in [0.1, 0.15) is 11.7 Å². The molecule has 8 heteroatoms. The number of rotatable bonds is 4. The van der Waals surface area contributed by atoms with Gasteiger partial charge in [-0.1, -0.05) is 0 Å². The van der Waals surface area contributed by atoms with Crippen LogP contribution in [0.25, 0.3) is 0 Å². The zero-order chi connectivity index (χ0) is 16.2. The molecule has 2 aromatic heterocycles. The van der Waals surface area contributed by atoms with Crippen LogP contribution in [0.3, 0.4) is 0 Å². The number of piperidine rings is 1. The van der Waals surface area contributed by atoms with Crippen molar-refractivity contribution < 1.29 is 14.3 Å². The highest BCUT2D eigenvalue weighted by molar-refractivity contribution is 5.96. The molecule has 1 aliphatic heterocycles. The number of aryl methyl sites for hydroxylation is 1. The minimum absolute atomic E-state index is 0.0907. The lowest BCUT2D eigenvalue weighted by Crippen LogP contribution is -2.44. The summed E-state index contributed by atoms with van der Waals surface area (Å²) in [7, 11) is 3.27. The standard InChI is InChI=1S/C15H19N5O3/c1-19-10-12(14(18-19)22-2)15(21)20-7-3-4-11(9-20)23-13-8-16-5-6-17-13/h5-6,8,10-11H,3-4,7,9H2,1-2H3/t11-/m1/s1. The van der Waals surface area contributed by atoms with Crippen molar-refractivity contribution in [2.75, 3.05) is 20.2 Å². The zero-order valence-electron chi connectivity index (χ0n) is 13.2. The van der Waals surface area contributed by atoms with Gasteiger partial charge in [0, 0.05) is 32.2 Å². The van der Waals surface area contributed by atoms with Gasteiger partial charge in [-0.15, -0.1) is 5.10 Å². The van der Waals surface area contributed by atoms with Crippen LogP contribution in [0.2, 0.25) is 0 Å². The molecular formula is C15H19N5O3. The Morgan fingerprint density at radius 1 is 1.39 bits per heavy atom. The summed E-state index contributed by atoms with van der Waals surface area (Å²) >= 11 is 0. The number of carbonyl (C=O) groups is 1. The van der Waals surface area contributed by atoms with Gasteiger partial charge in [-0.05, 0) is 12.8 Å². The molecule has 122 valence electrons. The van der Waals surface area contributed by atoms with Crippen LogP contribution in [0.5, 0.6) is 11.8 Å². The minimum atomic E-state index is -0.0950. The number of methoxy groups -OCH3 is 1. The summed E-state index contributed by atoms with van der Waals surface area (Å²) < 4.78 is 12.6. The Labute approximate surface area is 134 Å². The number of aromatic nitrogens is 4. The molecule has 1 saturated heterocycles. The van der Waals surface area contributed by atoms with Crippen LogP contribution in [0.4, 0.5) is 0 Å². The van der Waals surface area contributed by atoms with Gasteiger partial charge >= 0.3 is 0 Å². The van der Waals surface area contributed by atoms with Gasteiger partial charge in [0.25, 0.3) is 5.91 Å². The van der Waals surface area contributed by atoms with Gasteiger partial charge in [-0.3, -0.25) is 14.5 Å². The molecule has 8 nitrogen and oxygen atoms in total. The van der Waals surface area contributed by atoms with E-state index in [-0.39, 0.29) is 12.0 Å². The number of hydrogen-bond acceptors (Lipinski definition) is 6. The number of ether oxygens (including phenoxy) is 2. The molecule has 0 unspecified atom stereocenters. The monoisotopic (exact) mass is 317 g/mol. The first-order valence-corrected chi connectivity index (χ1v) is 7.47. The van der Waals surface area contributed by atoms with Gasteiger partial charge in [0.2, 0.25) is 11.8 Å². The van der Waals surface area contributed by atoms with Gasteiger partial charge < -0.3 is 14.4 Å². The molecule has 0 bridgehead atoms. The third kappa shape index (κ3) is 3.41. The van der Waals surface area contributed by atoms with Crippen LogP contribution in [-0.4, -0.2) is 56.9 Å². The molecule has 1 atom stereocenters. The second kappa shape index (κ2) is 6.64. The molecule has 23 heavy (non-hydrogen) atoms. The van der Waals surface area contributed by atoms with Crippen molar-refractivity contribution in [1.29, 1.82) is 0 Å². The van der Waals surface area contributed by atoms with Crippen LogP contribution >= 0.6 is 0 Å². The quantitative estimate of drug-likeness (QED) is 0.833. The fraction of sp³-hybridized carbons (Fsp3) is 0.467. The summed E-state index contributed by atoms with van der Waals surface area (Å²) in [6.45, 7) is 1.20. The highest BCUT2D eigenvalue weighted by atomic mass is 16.5. The maximum absolute atomic E-state index is 12.7. The molecule has 0 aliphatic carbocycles. The fourth-order valence-corrected chi connectivity index (χ4v) is 2.67. The summed E-state index contributed by atoms with van der Waals surface area (Å²) in [6.07, 6.45) is 8.09. The van der Waals surface area contributed by atoms with Crippen LogP contribution in [0, 0.1) is 0 Å². The lowest BCUT2D eigenvalue weighted by Gasteiger charge is -2.32. The summed E-state index contributed by atoms with van der Waals surface area (Å²) in [5.74, 6) is 0.725. The zero-order valence-corrected chi connectivity index (χ0v) is 13.2. The second-order valence-electron chi connectivity index (χ2n) is 5.40. The molecule has 0 radical (unpaired) electrons. The Balaban J connectivity index is 1.69. The van der Waals surface area contributed by atoms with E-state index in [2.05, 4.69) is 15.1 Å². The molecule has 1 aliphatic rings. The molecule has 3 heterocycles. The van der Waals surface area contributed by atoms with Crippen LogP contribution in [-0.2, 0) is 7.05 Å². The molecule has 0 aromatic carbocycles. The van der Waals surface area contributed by atoms with E-state index >= 15 is 0 Å². The fourth-order valence-electron chi connectivity index (χ4n) is 2.67. The number of likely N-dealkylation sites (tertiary alicyclic amines) is 1. The Morgan fingerprint density at radius 3 is 3.00 bits per heavy atom. The molecule has 3 rings (SSSR count). The van der Waals surface area contributed by atoms with Crippen molar-refractivity contribution in [2.24, 2.45) is 7.05 Å². The number of carbonyl (C=O) groups excluding carboxylic acids is 1. The van der Waals surface area contributed by atoms with Crippen LogP contribution < -0.4 is 9.47 Å². The van der Waals surface area contributed by atoms with E-state index in [1.165, 1.54) is 7.11 Å². The molecular weight excluding hydrogens is 298 g/mol. The molecule has 1 fully saturated rings. The summed E-state index contributed by atoms with van der Waals surface area (Å²) in [6, 6.07) is 0. The second-order valence-corrected chi connectivity index (χ2v) is 5.40. The van der Waals surface area contributed by atoms with Crippen molar-refractivity contribution in [3.05, 3.63) is 30.4 Å². The number of hydrogen-bond donors (Lipinski definition) is 0. The lowest BCUT2D eigenvalue weighted by atomic mass is 10.1. The molecule has 0 saturated carbocycles. The average molecular weight is 317 g/mol. The minimum Gasteiger partial charge on any atom is -0.479 e. The Hall–Kier alpha value is -2.64. The van der Waals surface area contributed by atoms with Gasteiger partial charge in [0.05, 0.1) is 19.9 Å². The van der Waals surface area contributed by atoms with Crippen molar-refractivity contribution in [3.8, 4) is 11.8 Å². The first-order chi connectivity index (χ1) is 11.2. The Kier molecular flexibility index (Phi) is 4.40. The van der Waals surface area contributed by atoms with Crippen LogP contribution in [0.15, 0.2) is 24.8 Å². The van der Waals surface area contributed by atoms with E-state index in [9.17, 15) is 4.79 Å². The topological polar surface area (TPSA) is 82.4 Å². The summed E-state index contributed by atoms with van der Waals surface area (Å²) in [5, 5.41) is 4.13.